The van der Waals surface area contributed by atoms with Crippen molar-refractivity contribution >= 4 is 28.6 Å². The van der Waals surface area contributed by atoms with Gasteiger partial charge in [0.1, 0.15) is 23.8 Å². The average molecular weight is 540 g/mol. The van der Waals surface area contributed by atoms with E-state index in [0.29, 0.717) is 36.5 Å². The molecule has 1 fully saturated rings. The molecule has 2 amide bonds. The van der Waals surface area contributed by atoms with E-state index in [-0.39, 0.29) is 16.9 Å². The number of imidazole rings is 1. The van der Waals surface area contributed by atoms with Gasteiger partial charge in [-0.25, -0.2) is 14.8 Å². The Morgan fingerprint density at radius 1 is 1.10 bits per heavy atom. The molecule has 1 saturated heterocycles. The number of anilines is 2. The van der Waals surface area contributed by atoms with E-state index in [2.05, 4.69) is 55.2 Å². The fourth-order valence-electron chi connectivity index (χ4n) is 4.96. The minimum atomic E-state index is -1.15. The highest BCUT2D eigenvalue weighted by atomic mass is 16.6. The Kier molecular flexibility index (Phi) is 8.17. The molecule has 4 atom stereocenters. The highest BCUT2D eigenvalue weighted by Gasteiger charge is 2.44. The van der Waals surface area contributed by atoms with Crippen LogP contribution in [0, 0.1) is 5.41 Å². The highest BCUT2D eigenvalue weighted by Crippen LogP contribution is 2.33. The number of ether oxygens (including phenoxy) is 1. The number of carbonyl (C=O) groups excluding carboxylic acids is 1. The second kappa shape index (κ2) is 11.1. The fourth-order valence-corrected chi connectivity index (χ4v) is 4.96. The number of hydrogen-bond acceptors (Lipinski definition) is 8. The molecular weight excluding hydrogens is 498 g/mol. The Morgan fingerprint density at radius 2 is 1.79 bits per heavy atom. The van der Waals surface area contributed by atoms with E-state index in [4.69, 9.17) is 10.5 Å². The number of amides is 2. The number of rotatable bonds is 8. The molecule has 11 heteroatoms. The van der Waals surface area contributed by atoms with Gasteiger partial charge in [0, 0.05) is 31.5 Å². The SMILES string of the molecule is CN(C[C@H]1O[C@@H](n2cnc3c(N)ccnc32)[C@H](O)[C@@H]1O)CC(C)(C)CNC(=O)Nc1ccc(C(C)(C)C)cc1. The van der Waals surface area contributed by atoms with Crippen LogP contribution in [0.1, 0.15) is 46.4 Å². The van der Waals surface area contributed by atoms with Crippen LogP contribution >= 0.6 is 0 Å². The maximum atomic E-state index is 12.5. The molecular formula is C28H41N7O4. The fraction of sp³-hybridized carbons (Fsp3) is 0.536. The summed E-state index contributed by atoms with van der Waals surface area (Å²) >= 11 is 0. The molecule has 2 aromatic heterocycles. The van der Waals surface area contributed by atoms with Crippen LogP contribution < -0.4 is 16.4 Å². The average Bonchev–Trinajstić information content (AvgIpc) is 3.40. The Morgan fingerprint density at radius 3 is 2.46 bits per heavy atom. The van der Waals surface area contributed by atoms with Gasteiger partial charge in [-0.15, -0.1) is 0 Å². The summed E-state index contributed by atoms with van der Waals surface area (Å²) in [5.41, 5.74) is 9.17. The van der Waals surface area contributed by atoms with Crippen LogP contribution in [0.3, 0.4) is 0 Å². The number of urea groups is 1. The van der Waals surface area contributed by atoms with Gasteiger partial charge in [-0.1, -0.05) is 46.8 Å². The number of benzene rings is 1. The van der Waals surface area contributed by atoms with E-state index < -0.39 is 24.5 Å². The number of hydrogen-bond donors (Lipinski definition) is 5. The summed E-state index contributed by atoms with van der Waals surface area (Å²) in [5, 5.41) is 27.3. The molecule has 39 heavy (non-hydrogen) atoms. The lowest BCUT2D eigenvalue weighted by Crippen LogP contribution is -2.45. The van der Waals surface area contributed by atoms with E-state index in [1.54, 1.807) is 16.8 Å². The van der Waals surface area contributed by atoms with Crippen molar-refractivity contribution < 1.29 is 19.7 Å². The molecule has 0 radical (unpaired) electrons. The van der Waals surface area contributed by atoms with E-state index in [9.17, 15) is 15.0 Å². The molecule has 0 saturated carbocycles. The van der Waals surface area contributed by atoms with Crippen molar-refractivity contribution in [1.29, 1.82) is 0 Å². The van der Waals surface area contributed by atoms with Crippen LogP contribution in [-0.4, -0.2) is 80.7 Å². The number of nitrogens with one attached hydrogen (secondary N) is 2. The number of fused-ring (bicyclic) bond motifs is 1. The number of likely N-dealkylation sites (N-methyl/N-ethyl adjacent to an activating group) is 1. The van der Waals surface area contributed by atoms with Gasteiger partial charge >= 0.3 is 6.03 Å². The van der Waals surface area contributed by atoms with Gasteiger partial charge in [-0.3, -0.25) is 4.57 Å². The molecule has 4 rings (SSSR count). The van der Waals surface area contributed by atoms with Gasteiger partial charge in [0.15, 0.2) is 11.9 Å². The van der Waals surface area contributed by atoms with Gasteiger partial charge in [-0.05, 0) is 41.6 Å². The van der Waals surface area contributed by atoms with Crippen molar-refractivity contribution in [2.24, 2.45) is 5.41 Å². The predicted molar refractivity (Wildman–Crippen MR) is 151 cm³/mol. The van der Waals surface area contributed by atoms with Gasteiger partial charge in [0.05, 0.1) is 12.0 Å². The minimum Gasteiger partial charge on any atom is -0.397 e. The van der Waals surface area contributed by atoms with Gasteiger partial charge < -0.3 is 36.2 Å². The Labute approximate surface area is 229 Å². The summed E-state index contributed by atoms with van der Waals surface area (Å²) in [5.74, 6) is 0. The summed E-state index contributed by atoms with van der Waals surface area (Å²) in [4.78, 5) is 23.1. The number of nitrogens with two attached hydrogens (primary N) is 1. The van der Waals surface area contributed by atoms with Crippen LogP contribution in [0.15, 0.2) is 42.9 Å². The topological polar surface area (TPSA) is 151 Å². The molecule has 212 valence electrons. The van der Waals surface area contributed by atoms with E-state index >= 15 is 0 Å². The first-order chi connectivity index (χ1) is 18.2. The molecule has 0 aliphatic carbocycles. The van der Waals surface area contributed by atoms with E-state index in [0.717, 1.165) is 5.69 Å². The minimum absolute atomic E-state index is 0.0506. The number of aromatic nitrogens is 3. The molecule has 0 spiro atoms. The molecule has 6 N–H and O–H groups in total. The maximum Gasteiger partial charge on any atom is 0.319 e. The normalized spacial score (nSPS) is 22.0. The van der Waals surface area contributed by atoms with Crippen LogP contribution in [0.2, 0.25) is 0 Å². The molecule has 0 unspecified atom stereocenters. The first-order valence-corrected chi connectivity index (χ1v) is 13.2. The lowest BCUT2D eigenvalue weighted by Gasteiger charge is -2.32. The van der Waals surface area contributed by atoms with Crippen LogP contribution in [0.5, 0.6) is 0 Å². The van der Waals surface area contributed by atoms with Gasteiger partial charge in [-0.2, -0.15) is 0 Å². The number of aliphatic hydroxyl groups is 2. The predicted octanol–water partition coefficient (Wildman–Crippen LogP) is 2.71. The zero-order chi connectivity index (χ0) is 28.5. The monoisotopic (exact) mass is 539 g/mol. The Bertz CT molecular complexity index is 1290. The largest absolute Gasteiger partial charge is 0.397 e. The zero-order valence-corrected chi connectivity index (χ0v) is 23.5. The van der Waals surface area contributed by atoms with Crippen molar-refractivity contribution in [3.05, 3.63) is 48.4 Å². The van der Waals surface area contributed by atoms with Gasteiger partial charge in [0.25, 0.3) is 0 Å². The third-order valence-corrected chi connectivity index (χ3v) is 7.03. The van der Waals surface area contributed by atoms with Crippen molar-refractivity contribution in [2.45, 2.75) is 64.6 Å². The Hall–Kier alpha value is -3.25. The Balaban J connectivity index is 1.29. The summed E-state index contributed by atoms with van der Waals surface area (Å²) < 4.78 is 7.68. The van der Waals surface area contributed by atoms with E-state index in [1.807, 2.05) is 36.2 Å². The smallest absolute Gasteiger partial charge is 0.319 e. The lowest BCUT2D eigenvalue weighted by atomic mass is 9.87. The summed E-state index contributed by atoms with van der Waals surface area (Å²) in [6, 6.07) is 9.25. The number of carbonyl (C=O) groups is 1. The standard InChI is InChI=1S/C28H41N7O4/c1-27(2,3)17-7-9-18(10-8-17)33-26(38)31-14-28(4,5)15-34(6)13-20-22(36)23(37)25(39-20)35-16-32-21-19(29)11-12-30-24(21)35/h7-12,16,20,22-23,25,36-37H,13-15H2,1-6H3,(H2,29,30)(H2,31,33,38)/t20-,22-,23-,25-/m1/s1. The van der Waals surface area contributed by atoms with Crippen molar-refractivity contribution in [3.63, 3.8) is 0 Å². The van der Waals surface area contributed by atoms with Crippen LogP contribution in [0.4, 0.5) is 16.2 Å². The van der Waals surface area contributed by atoms with E-state index in [1.165, 1.54) is 11.9 Å². The third kappa shape index (κ3) is 6.67. The molecule has 3 aromatic rings. The first-order valence-electron chi connectivity index (χ1n) is 13.2. The molecule has 0 bridgehead atoms. The molecule has 3 heterocycles. The van der Waals surface area contributed by atoms with Crippen molar-refractivity contribution in [3.8, 4) is 0 Å². The molecule has 1 aromatic carbocycles. The zero-order valence-electron chi connectivity index (χ0n) is 23.5. The maximum absolute atomic E-state index is 12.5. The number of nitrogens with zero attached hydrogens (tertiary/aromatic N) is 4. The summed E-state index contributed by atoms with van der Waals surface area (Å²) in [6.45, 7) is 12.0. The second-order valence-electron chi connectivity index (χ2n) is 12.3. The van der Waals surface area contributed by atoms with Crippen molar-refractivity contribution in [2.75, 3.05) is 37.7 Å². The lowest BCUT2D eigenvalue weighted by molar-refractivity contribution is -0.0441. The first kappa shape index (κ1) is 28.8. The highest BCUT2D eigenvalue weighted by molar-refractivity contribution is 5.89. The summed E-state index contributed by atoms with van der Waals surface area (Å²) in [6.07, 6.45) is -0.630. The van der Waals surface area contributed by atoms with Crippen LogP contribution in [0.25, 0.3) is 11.2 Å². The van der Waals surface area contributed by atoms with Crippen molar-refractivity contribution in [1.82, 2.24) is 24.8 Å². The second-order valence-corrected chi connectivity index (χ2v) is 12.3. The third-order valence-electron chi connectivity index (χ3n) is 7.03. The molecule has 1 aliphatic heterocycles. The van der Waals surface area contributed by atoms with Gasteiger partial charge in [0.2, 0.25) is 0 Å². The van der Waals surface area contributed by atoms with Crippen LogP contribution in [-0.2, 0) is 10.2 Å². The molecule has 1 aliphatic rings. The quantitative estimate of drug-likeness (QED) is 0.293. The molecule has 11 nitrogen and oxygen atoms in total. The number of pyridine rings is 1. The number of nitrogen functional groups attached to an aromatic ring is 1. The number of aliphatic hydroxyl groups excluding tert-OH is 2. The summed E-state index contributed by atoms with van der Waals surface area (Å²) in [7, 11) is 1.92.